The van der Waals surface area contributed by atoms with Crippen LogP contribution in [0, 0.1) is 5.92 Å². The van der Waals surface area contributed by atoms with E-state index in [0.29, 0.717) is 12.6 Å². The SMILES string of the molecule is CC(C)N(C(=O)[C@@H]1C=C2c3cccc4[nH]cc(c34)C[C@H]2NC1)N1C[C@@H]2C[C@H]1CO2. The van der Waals surface area contributed by atoms with E-state index in [1.807, 2.05) is 5.01 Å². The monoisotopic (exact) mass is 392 g/mol. The molecule has 4 atom stereocenters. The lowest BCUT2D eigenvalue weighted by Crippen LogP contribution is -2.58. The fourth-order valence-electron chi connectivity index (χ4n) is 5.76. The number of nitrogens with one attached hydrogen (secondary N) is 2. The number of carbonyl (C=O) groups excluding carboxylic acids is 1. The lowest BCUT2D eigenvalue weighted by molar-refractivity contribution is -0.166. The van der Waals surface area contributed by atoms with E-state index in [1.165, 1.54) is 27.6 Å². The van der Waals surface area contributed by atoms with Crippen LogP contribution in [0.4, 0.5) is 0 Å². The Labute approximate surface area is 170 Å². The van der Waals surface area contributed by atoms with Crippen LogP contribution < -0.4 is 5.32 Å². The van der Waals surface area contributed by atoms with Crippen LogP contribution in [-0.4, -0.2) is 64.8 Å². The molecule has 2 bridgehead atoms. The average Bonchev–Trinajstić information content (AvgIpc) is 3.45. The molecule has 1 aliphatic carbocycles. The quantitative estimate of drug-likeness (QED) is 0.842. The molecule has 0 unspecified atom stereocenters. The van der Waals surface area contributed by atoms with Gasteiger partial charge in [0.05, 0.1) is 24.7 Å². The molecule has 6 heteroatoms. The topological polar surface area (TPSA) is 60.6 Å². The van der Waals surface area contributed by atoms with Crippen molar-refractivity contribution in [2.45, 2.75) is 50.9 Å². The zero-order valence-corrected chi connectivity index (χ0v) is 17.0. The van der Waals surface area contributed by atoms with E-state index in [1.54, 1.807) is 0 Å². The fourth-order valence-corrected chi connectivity index (χ4v) is 5.76. The van der Waals surface area contributed by atoms with E-state index in [9.17, 15) is 4.79 Å². The standard InChI is InChI=1S/C23H28N4O2/c1-13(2)27(26-11-17-8-16(26)12-29-17)23(28)15-6-19-18-4-3-5-20-22(18)14(9-24-20)7-21(19)25-10-15/h3-6,9,13,15-17,21,24-25H,7-8,10-12H2,1-2H3/t15-,16+,17+,21-/m1/s1. The lowest BCUT2D eigenvalue weighted by Gasteiger charge is -2.42. The fraction of sp³-hybridized carbons (Fsp3) is 0.522. The van der Waals surface area contributed by atoms with Crippen molar-refractivity contribution in [3.05, 3.63) is 41.6 Å². The molecule has 1 amide bonds. The Balaban J connectivity index is 1.35. The molecule has 6 rings (SSSR count). The summed E-state index contributed by atoms with van der Waals surface area (Å²) in [5.41, 5.74) is 5.10. The van der Waals surface area contributed by atoms with Crippen molar-refractivity contribution >= 4 is 22.4 Å². The number of hydrogen-bond acceptors (Lipinski definition) is 4. The summed E-state index contributed by atoms with van der Waals surface area (Å²) in [7, 11) is 0. The van der Waals surface area contributed by atoms with E-state index in [4.69, 9.17) is 4.74 Å². The van der Waals surface area contributed by atoms with Crippen LogP contribution in [0.3, 0.4) is 0 Å². The summed E-state index contributed by atoms with van der Waals surface area (Å²) in [6.45, 7) is 6.50. The Morgan fingerprint density at radius 2 is 2.24 bits per heavy atom. The average molecular weight is 393 g/mol. The highest BCUT2D eigenvalue weighted by molar-refractivity contribution is 5.99. The predicted octanol–water partition coefficient (Wildman–Crippen LogP) is 2.32. The van der Waals surface area contributed by atoms with Crippen molar-refractivity contribution < 1.29 is 9.53 Å². The number of hydrazine groups is 1. The molecule has 0 saturated carbocycles. The first-order valence-electron chi connectivity index (χ1n) is 10.9. The Bertz CT molecular complexity index is 1010. The van der Waals surface area contributed by atoms with Gasteiger partial charge >= 0.3 is 0 Å². The number of hydrogen-bond donors (Lipinski definition) is 2. The summed E-state index contributed by atoms with van der Waals surface area (Å²) in [5, 5.41) is 9.28. The van der Waals surface area contributed by atoms with E-state index < -0.39 is 0 Å². The first kappa shape index (κ1) is 17.7. The van der Waals surface area contributed by atoms with Gasteiger partial charge in [0.2, 0.25) is 5.91 Å². The third-order valence-electron chi connectivity index (χ3n) is 7.04. The van der Waals surface area contributed by atoms with Gasteiger partial charge in [0.25, 0.3) is 0 Å². The Hall–Kier alpha value is -2.15. The molecule has 0 radical (unpaired) electrons. The minimum absolute atomic E-state index is 0.139. The van der Waals surface area contributed by atoms with Gasteiger partial charge in [-0.15, -0.1) is 0 Å². The molecule has 2 N–H and O–H groups in total. The van der Waals surface area contributed by atoms with Gasteiger partial charge in [0, 0.05) is 42.3 Å². The summed E-state index contributed by atoms with van der Waals surface area (Å²) in [5.74, 6) is 0.0671. The molecule has 4 heterocycles. The number of aromatic nitrogens is 1. The maximum absolute atomic E-state index is 13.7. The van der Waals surface area contributed by atoms with Crippen molar-refractivity contribution in [3.63, 3.8) is 0 Å². The lowest BCUT2D eigenvalue weighted by atomic mass is 9.80. The molecule has 2 aromatic rings. The second-order valence-corrected chi connectivity index (χ2v) is 9.18. The van der Waals surface area contributed by atoms with Crippen LogP contribution in [0.2, 0.25) is 0 Å². The molecular formula is C23H28N4O2. The molecule has 6 nitrogen and oxygen atoms in total. The maximum atomic E-state index is 13.7. The number of carbonyl (C=O) groups is 1. The third kappa shape index (κ3) is 2.62. The highest BCUT2D eigenvalue weighted by Crippen LogP contribution is 2.39. The van der Waals surface area contributed by atoms with Gasteiger partial charge in [-0.2, -0.15) is 0 Å². The van der Waals surface area contributed by atoms with Crippen LogP contribution in [0.15, 0.2) is 30.5 Å². The van der Waals surface area contributed by atoms with Crippen molar-refractivity contribution in [3.8, 4) is 0 Å². The van der Waals surface area contributed by atoms with E-state index >= 15 is 0 Å². The zero-order chi connectivity index (χ0) is 19.7. The summed E-state index contributed by atoms with van der Waals surface area (Å²) in [6.07, 6.45) is 6.68. The van der Waals surface area contributed by atoms with Gasteiger partial charge in [0.15, 0.2) is 0 Å². The van der Waals surface area contributed by atoms with Crippen molar-refractivity contribution in [2.24, 2.45) is 5.92 Å². The van der Waals surface area contributed by atoms with E-state index in [2.05, 4.69) is 59.6 Å². The Kier molecular flexibility index (Phi) is 3.92. The molecule has 3 aliphatic heterocycles. The summed E-state index contributed by atoms with van der Waals surface area (Å²) < 4.78 is 5.76. The van der Waals surface area contributed by atoms with Gasteiger partial charge < -0.3 is 15.0 Å². The maximum Gasteiger partial charge on any atom is 0.245 e. The molecule has 0 spiro atoms. The summed E-state index contributed by atoms with van der Waals surface area (Å²) in [6, 6.07) is 7.21. The number of aromatic amines is 1. The largest absolute Gasteiger partial charge is 0.375 e. The molecule has 2 fully saturated rings. The van der Waals surface area contributed by atoms with Crippen molar-refractivity contribution in [2.75, 3.05) is 19.7 Å². The molecule has 1 aromatic carbocycles. The number of H-pyrrole nitrogens is 1. The van der Waals surface area contributed by atoms with E-state index in [0.717, 1.165) is 26.0 Å². The number of morpholine rings is 1. The van der Waals surface area contributed by atoms with Gasteiger partial charge in [-0.1, -0.05) is 18.2 Å². The van der Waals surface area contributed by atoms with Crippen molar-refractivity contribution in [1.82, 2.24) is 20.3 Å². The number of amides is 1. The highest BCUT2D eigenvalue weighted by Gasteiger charge is 2.45. The second kappa shape index (κ2) is 6.42. The van der Waals surface area contributed by atoms with Crippen LogP contribution in [0.25, 0.3) is 16.5 Å². The van der Waals surface area contributed by atoms with Crippen LogP contribution in [0.5, 0.6) is 0 Å². The molecular weight excluding hydrogens is 364 g/mol. The summed E-state index contributed by atoms with van der Waals surface area (Å²) in [4.78, 5) is 17.1. The van der Waals surface area contributed by atoms with Crippen LogP contribution in [-0.2, 0) is 16.0 Å². The number of fused-ring (bicyclic) bond motifs is 4. The number of rotatable bonds is 3. The Morgan fingerprint density at radius 1 is 1.34 bits per heavy atom. The molecule has 2 saturated heterocycles. The first-order chi connectivity index (χ1) is 14.1. The van der Waals surface area contributed by atoms with Crippen LogP contribution in [0.1, 0.15) is 31.4 Å². The Morgan fingerprint density at radius 3 is 3.00 bits per heavy atom. The molecule has 29 heavy (non-hydrogen) atoms. The van der Waals surface area contributed by atoms with Gasteiger partial charge in [-0.05, 0) is 49.5 Å². The molecule has 1 aromatic heterocycles. The summed E-state index contributed by atoms with van der Waals surface area (Å²) >= 11 is 0. The van der Waals surface area contributed by atoms with Crippen molar-refractivity contribution in [1.29, 1.82) is 0 Å². The molecule has 4 aliphatic rings. The number of nitrogens with zero attached hydrogens (tertiary/aromatic N) is 2. The van der Waals surface area contributed by atoms with Gasteiger partial charge in [-0.3, -0.25) is 9.80 Å². The normalized spacial score (nSPS) is 30.7. The van der Waals surface area contributed by atoms with Crippen LogP contribution >= 0.6 is 0 Å². The molecule has 152 valence electrons. The number of ether oxygens (including phenoxy) is 1. The minimum Gasteiger partial charge on any atom is -0.375 e. The van der Waals surface area contributed by atoms with E-state index in [-0.39, 0.29) is 30.0 Å². The second-order valence-electron chi connectivity index (χ2n) is 9.18. The smallest absolute Gasteiger partial charge is 0.245 e. The zero-order valence-electron chi connectivity index (χ0n) is 17.0. The highest BCUT2D eigenvalue weighted by atomic mass is 16.5. The van der Waals surface area contributed by atoms with Gasteiger partial charge in [-0.25, -0.2) is 5.01 Å². The number of benzene rings is 1. The van der Waals surface area contributed by atoms with Gasteiger partial charge in [0.1, 0.15) is 0 Å². The predicted molar refractivity (Wildman–Crippen MR) is 112 cm³/mol. The minimum atomic E-state index is -0.139. The third-order valence-corrected chi connectivity index (χ3v) is 7.04. The first-order valence-corrected chi connectivity index (χ1v) is 10.9.